The summed E-state index contributed by atoms with van der Waals surface area (Å²) in [6, 6.07) is 5.78. The Bertz CT molecular complexity index is 665. The summed E-state index contributed by atoms with van der Waals surface area (Å²) < 4.78 is 12.3. The van der Waals surface area contributed by atoms with E-state index >= 15 is 0 Å². The largest absolute Gasteiger partial charge is 0.495 e. The Hall–Kier alpha value is -1.59. The lowest BCUT2D eigenvalue weighted by atomic mass is 9.75. The lowest BCUT2D eigenvalue weighted by Gasteiger charge is -2.32. The first kappa shape index (κ1) is 16.3. The molecule has 0 spiro atoms. The number of carbonyl (C=O) groups excluding carboxylic acids is 1. The van der Waals surface area contributed by atoms with E-state index in [9.17, 15) is 4.79 Å². The summed E-state index contributed by atoms with van der Waals surface area (Å²) in [5.74, 6) is 0.0568. The van der Waals surface area contributed by atoms with Gasteiger partial charge in [0.15, 0.2) is 0 Å². The van der Waals surface area contributed by atoms with Crippen molar-refractivity contribution < 1.29 is 14.1 Å². The SMILES string of the molecule is C=C(C)CN1Cc2c(B3OC(C)(C)C(C)(C)O3)cccc2C1=O. The molecular formula is C18H24BNO3. The number of hydrogen-bond donors (Lipinski definition) is 0. The minimum absolute atomic E-state index is 0.0568. The van der Waals surface area contributed by atoms with Crippen LogP contribution in [0.4, 0.5) is 0 Å². The minimum atomic E-state index is -0.437. The number of benzene rings is 1. The van der Waals surface area contributed by atoms with E-state index in [1.54, 1.807) is 0 Å². The third-order valence-corrected chi connectivity index (χ3v) is 5.05. The molecule has 2 heterocycles. The van der Waals surface area contributed by atoms with Crippen molar-refractivity contribution in [3.05, 3.63) is 41.5 Å². The van der Waals surface area contributed by atoms with Crippen molar-refractivity contribution in [1.29, 1.82) is 0 Å². The van der Waals surface area contributed by atoms with Crippen LogP contribution in [-0.4, -0.2) is 35.7 Å². The molecule has 2 aliphatic rings. The van der Waals surface area contributed by atoms with Gasteiger partial charge in [0.05, 0.1) is 11.2 Å². The number of rotatable bonds is 3. The fourth-order valence-corrected chi connectivity index (χ4v) is 3.06. The predicted molar refractivity (Wildman–Crippen MR) is 91.7 cm³/mol. The van der Waals surface area contributed by atoms with E-state index in [1.165, 1.54) is 0 Å². The van der Waals surface area contributed by atoms with E-state index in [0.29, 0.717) is 13.1 Å². The van der Waals surface area contributed by atoms with Gasteiger partial charge in [0, 0.05) is 18.7 Å². The lowest BCUT2D eigenvalue weighted by molar-refractivity contribution is 0.00578. The average Bonchev–Trinajstić information content (AvgIpc) is 2.84. The first-order chi connectivity index (χ1) is 10.6. The molecule has 1 saturated heterocycles. The van der Waals surface area contributed by atoms with E-state index in [0.717, 1.165) is 22.2 Å². The lowest BCUT2D eigenvalue weighted by Crippen LogP contribution is -2.41. The van der Waals surface area contributed by atoms with Crippen LogP contribution < -0.4 is 5.46 Å². The van der Waals surface area contributed by atoms with Gasteiger partial charge in [-0.15, -0.1) is 0 Å². The molecule has 0 radical (unpaired) electrons. The van der Waals surface area contributed by atoms with Crippen LogP contribution in [0.1, 0.15) is 50.5 Å². The summed E-state index contributed by atoms with van der Waals surface area (Å²) in [7, 11) is -0.437. The number of fused-ring (bicyclic) bond motifs is 1. The highest BCUT2D eigenvalue weighted by Crippen LogP contribution is 2.37. The van der Waals surface area contributed by atoms with Gasteiger partial charge in [-0.1, -0.05) is 24.3 Å². The monoisotopic (exact) mass is 313 g/mol. The van der Waals surface area contributed by atoms with Gasteiger partial charge >= 0.3 is 7.12 Å². The molecule has 0 bridgehead atoms. The van der Waals surface area contributed by atoms with Gasteiger partial charge in [0.2, 0.25) is 0 Å². The van der Waals surface area contributed by atoms with Crippen LogP contribution in [0.3, 0.4) is 0 Å². The molecule has 2 aliphatic heterocycles. The van der Waals surface area contributed by atoms with E-state index in [-0.39, 0.29) is 17.1 Å². The topological polar surface area (TPSA) is 38.8 Å². The maximum atomic E-state index is 12.6. The third kappa shape index (κ3) is 2.62. The Kier molecular flexibility index (Phi) is 3.69. The van der Waals surface area contributed by atoms with Gasteiger partial charge in [0.1, 0.15) is 0 Å². The number of carbonyl (C=O) groups is 1. The molecule has 0 atom stereocenters. The van der Waals surface area contributed by atoms with Crippen LogP contribution in [0.2, 0.25) is 0 Å². The predicted octanol–water partition coefficient (Wildman–Crippen LogP) is 2.52. The van der Waals surface area contributed by atoms with Crippen molar-refractivity contribution in [2.24, 2.45) is 0 Å². The molecule has 0 unspecified atom stereocenters. The number of nitrogens with zero attached hydrogens (tertiary/aromatic N) is 1. The average molecular weight is 313 g/mol. The number of amides is 1. The first-order valence-electron chi connectivity index (χ1n) is 8.03. The van der Waals surface area contributed by atoms with Crippen LogP contribution >= 0.6 is 0 Å². The molecule has 5 heteroatoms. The second-order valence-electron chi connectivity index (χ2n) is 7.58. The molecule has 1 amide bonds. The fourth-order valence-electron chi connectivity index (χ4n) is 3.06. The molecule has 1 fully saturated rings. The van der Waals surface area contributed by atoms with Crippen LogP contribution in [0.5, 0.6) is 0 Å². The van der Waals surface area contributed by atoms with Crippen LogP contribution in [0.25, 0.3) is 0 Å². The molecule has 23 heavy (non-hydrogen) atoms. The molecule has 0 N–H and O–H groups in total. The normalized spacial score (nSPS) is 21.7. The number of hydrogen-bond acceptors (Lipinski definition) is 3. The van der Waals surface area contributed by atoms with E-state index in [1.807, 2.05) is 57.7 Å². The second kappa shape index (κ2) is 5.21. The third-order valence-electron chi connectivity index (χ3n) is 5.05. The summed E-state index contributed by atoms with van der Waals surface area (Å²) in [5.41, 5.74) is 2.92. The van der Waals surface area contributed by atoms with Gasteiger partial charge < -0.3 is 14.2 Å². The van der Waals surface area contributed by atoms with Crippen molar-refractivity contribution in [2.45, 2.75) is 52.4 Å². The smallest absolute Gasteiger partial charge is 0.399 e. The standard InChI is InChI=1S/C18H24BNO3/c1-12(2)10-20-11-14-13(16(20)21)8-7-9-15(14)19-22-17(3,4)18(5,6)23-19/h7-9H,1,10-11H2,2-6H3. The maximum absolute atomic E-state index is 12.6. The van der Waals surface area contributed by atoms with Crippen LogP contribution in [0.15, 0.2) is 30.4 Å². The molecule has 0 aromatic heterocycles. The Morgan fingerprint density at radius 3 is 2.43 bits per heavy atom. The van der Waals surface area contributed by atoms with Crippen molar-refractivity contribution in [3.63, 3.8) is 0 Å². The highest BCUT2D eigenvalue weighted by Gasteiger charge is 2.52. The molecule has 1 aromatic carbocycles. The van der Waals surface area contributed by atoms with Gasteiger partial charge in [-0.25, -0.2) is 0 Å². The van der Waals surface area contributed by atoms with Crippen LogP contribution in [0, 0.1) is 0 Å². The van der Waals surface area contributed by atoms with Crippen molar-refractivity contribution >= 4 is 18.5 Å². The van der Waals surface area contributed by atoms with Gasteiger partial charge in [-0.2, -0.15) is 0 Å². The summed E-state index contributed by atoms with van der Waals surface area (Å²) in [6.45, 7) is 15.2. The zero-order valence-corrected chi connectivity index (χ0v) is 14.6. The van der Waals surface area contributed by atoms with Gasteiger partial charge in [-0.3, -0.25) is 4.79 Å². The van der Waals surface area contributed by atoms with Crippen LogP contribution in [-0.2, 0) is 15.9 Å². The van der Waals surface area contributed by atoms with E-state index in [4.69, 9.17) is 9.31 Å². The summed E-state index contributed by atoms with van der Waals surface area (Å²) in [4.78, 5) is 14.4. The zero-order chi connectivity index (χ0) is 17.0. The fraction of sp³-hybridized carbons (Fsp3) is 0.500. The van der Waals surface area contributed by atoms with Crippen molar-refractivity contribution in [1.82, 2.24) is 4.90 Å². The Morgan fingerprint density at radius 2 is 1.87 bits per heavy atom. The molecule has 0 saturated carbocycles. The molecule has 0 aliphatic carbocycles. The molecule has 122 valence electrons. The summed E-state index contributed by atoms with van der Waals surface area (Å²) >= 11 is 0. The van der Waals surface area contributed by atoms with Crippen molar-refractivity contribution in [3.8, 4) is 0 Å². The summed E-state index contributed by atoms with van der Waals surface area (Å²) in [5, 5.41) is 0. The van der Waals surface area contributed by atoms with Crippen molar-refractivity contribution in [2.75, 3.05) is 6.54 Å². The zero-order valence-electron chi connectivity index (χ0n) is 14.6. The van der Waals surface area contributed by atoms with E-state index in [2.05, 4.69) is 6.58 Å². The molecular weight excluding hydrogens is 289 g/mol. The highest BCUT2D eigenvalue weighted by molar-refractivity contribution is 6.62. The maximum Gasteiger partial charge on any atom is 0.495 e. The van der Waals surface area contributed by atoms with Gasteiger partial charge in [-0.05, 0) is 51.7 Å². The summed E-state index contributed by atoms with van der Waals surface area (Å²) in [6.07, 6.45) is 0. The molecule has 3 rings (SSSR count). The first-order valence-corrected chi connectivity index (χ1v) is 8.03. The second-order valence-corrected chi connectivity index (χ2v) is 7.58. The van der Waals surface area contributed by atoms with E-state index < -0.39 is 7.12 Å². The highest BCUT2D eigenvalue weighted by atomic mass is 16.7. The Balaban J connectivity index is 1.94. The Labute approximate surface area is 138 Å². The minimum Gasteiger partial charge on any atom is -0.399 e. The quantitative estimate of drug-likeness (QED) is 0.636. The Morgan fingerprint density at radius 1 is 1.26 bits per heavy atom. The van der Waals surface area contributed by atoms with Gasteiger partial charge in [0.25, 0.3) is 5.91 Å². The molecule has 1 aromatic rings. The molecule has 4 nitrogen and oxygen atoms in total.